The monoisotopic (exact) mass is 306 g/mol. The average Bonchev–Trinajstić information content (AvgIpc) is 2.45. The number of aryl methyl sites for hydroxylation is 1. The second kappa shape index (κ2) is 6.20. The lowest BCUT2D eigenvalue weighted by Crippen LogP contribution is -2.42. The Balaban J connectivity index is 2.26. The van der Waals surface area contributed by atoms with Crippen molar-refractivity contribution in [2.24, 2.45) is 11.7 Å². The minimum atomic E-state index is -0.344. The van der Waals surface area contributed by atoms with E-state index in [0.717, 1.165) is 12.8 Å². The summed E-state index contributed by atoms with van der Waals surface area (Å²) in [5.41, 5.74) is 5.74. The van der Waals surface area contributed by atoms with Gasteiger partial charge in [-0.25, -0.2) is 4.98 Å². The Hall–Kier alpha value is -1.69. The zero-order valence-electron chi connectivity index (χ0n) is 13.9. The van der Waals surface area contributed by atoms with Gasteiger partial charge in [0.2, 0.25) is 0 Å². The van der Waals surface area contributed by atoms with Crippen LogP contribution in [0.2, 0.25) is 0 Å². The maximum atomic E-state index is 12.6. The molecule has 0 aromatic carbocycles. The molecule has 2 heterocycles. The van der Waals surface area contributed by atoms with Crippen LogP contribution in [-0.4, -0.2) is 40.4 Å². The van der Waals surface area contributed by atoms with E-state index in [9.17, 15) is 9.59 Å². The van der Waals surface area contributed by atoms with Gasteiger partial charge in [-0.15, -0.1) is 0 Å². The summed E-state index contributed by atoms with van der Waals surface area (Å²) in [6.45, 7) is 9.62. The Bertz CT molecular complexity index is 608. The molecule has 0 aliphatic carbocycles. The number of amides is 1. The number of hydrogen-bond donors (Lipinski definition) is 2. The van der Waals surface area contributed by atoms with E-state index in [1.54, 1.807) is 11.8 Å². The second-order valence-electron chi connectivity index (χ2n) is 7.10. The number of likely N-dealkylation sites (tertiary alicyclic amines) is 1. The topological polar surface area (TPSA) is 92.1 Å². The third kappa shape index (κ3) is 3.38. The highest BCUT2D eigenvalue weighted by molar-refractivity contribution is 5.94. The summed E-state index contributed by atoms with van der Waals surface area (Å²) in [6, 6.07) is 0. The molecule has 0 unspecified atom stereocenters. The van der Waals surface area contributed by atoms with Crippen molar-refractivity contribution in [3.63, 3.8) is 0 Å². The van der Waals surface area contributed by atoms with Crippen LogP contribution in [0.4, 0.5) is 0 Å². The molecule has 1 aromatic rings. The standard InChI is InChI=1S/C16H26N4O2/c1-10-12(13(21)19-15(18-10)16(2,3)4)14(22)20-7-5-11(9-17)6-8-20/h11H,5-9,17H2,1-4H3,(H,18,19,21). The van der Waals surface area contributed by atoms with E-state index in [0.29, 0.717) is 37.1 Å². The number of nitrogens with zero attached hydrogens (tertiary/aromatic N) is 2. The van der Waals surface area contributed by atoms with Gasteiger partial charge in [0.05, 0.1) is 5.69 Å². The largest absolute Gasteiger partial charge is 0.338 e. The molecule has 0 spiro atoms. The summed E-state index contributed by atoms with van der Waals surface area (Å²) in [5, 5.41) is 0. The number of H-pyrrole nitrogens is 1. The first-order chi connectivity index (χ1) is 10.2. The highest BCUT2D eigenvalue weighted by Crippen LogP contribution is 2.20. The fraction of sp³-hybridized carbons (Fsp3) is 0.688. The van der Waals surface area contributed by atoms with Crippen LogP contribution < -0.4 is 11.3 Å². The molecule has 122 valence electrons. The molecule has 1 fully saturated rings. The molecule has 1 aliphatic heterocycles. The average molecular weight is 306 g/mol. The Morgan fingerprint density at radius 2 is 1.95 bits per heavy atom. The Morgan fingerprint density at radius 3 is 2.41 bits per heavy atom. The molecule has 2 rings (SSSR count). The van der Waals surface area contributed by atoms with Gasteiger partial charge < -0.3 is 15.6 Å². The summed E-state index contributed by atoms with van der Waals surface area (Å²) in [5.74, 6) is 0.861. The van der Waals surface area contributed by atoms with Crippen molar-refractivity contribution in [1.82, 2.24) is 14.9 Å². The number of hydrogen-bond acceptors (Lipinski definition) is 4. The van der Waals surface area contributed by atoms with E-state index in [4.69, 9.17) is 5.73 Å². The molecule has 6 nitrogen and oxygen atoms in total. The third-order valence-corrected chi connectivity index (χ3v) is 4.26. The highest BCUT2D eigenvalue weighted by atomic mass is 16.2. The molecule has 6 heteroatoms. The van der Waals surface area contributed by atoms with Crippen molar-refractivity contribution < 1.29 is 4.79 Å². The number of rotatable bonds is 2. The first-order valence-electron chi connectivity index (χ1n) is 7.84. The number of piperidine rings is 1. The van der Waals surface area contributed by atoms with E-state index in [1.165, 1.54) is 0 Å². The van der Waals surface area contributed by atoms with E-state index in [1.807, 2.05) is 20.8 Å². The molecule has 0 bridgehead atoms. The molecule has 1 saturated heterocycles. The van der Waals surface area contributed by atoms with Crippen molar-refractivity contribution in [2.75, 3.05) is 19.6 Å². The minimum Gasteiger partial charge on any atom is -0.338 e. The summed E-state index contributed by atoms with van der Waals surface area (Å²) < 4.78 is 0. The first kappa shape index (κ1) is 16.7. The van der Waals surface area contributed by atoms with Gasteiger partial charge in [0.1, 0.15) is 11.4 Å². The molecule has 0 radical (unpaired) electrons. The fourth-order valence-electron chi connectivity index (χ4n) is 2.72. The minimum absolute atomic E-state index is 0.166. The maximum Gasteiger partial charge on any atom is 0.264 e. The third-order valence-electron chi connectivity index (χ3n) is 4.26. The fourth-order valence-corrected chi connectivity index (χ4v) is 2.72. The maximum absolute atomic E-state index is 12.6. The molecular weight excluding hydrogens is 280 g/mol. The zero-order chi connectivity index (χ0) is 16.5. The quantitative estimate of drug-likeness (QED) is 0.858. The summed E-state index contributed by atoms with van der Waals surface area (Å²) in [4.78, 5) is 33.9. The van der Waals surface area contributed by atoms with Crippen molar-refractivity contribution in [3.8, 4) is 0 Å². The van der Waals surface area contributed by atoms with Crippen LogP contribution in [0.15, 0.2) is 4.79 Å². The van der Waals surface area contributed by atoms with Gasteiger partial charge in [0.15, 0.2) is 0 Å². The predicted molar refractivity (Wildman–Crippen MR) is 86.0 cm³/mol. The van der Waals surface area contributed by atoms with Crippen molar-refractivity contribution in [3.05, 3.63) is 27.4 Å². The molecule has 22 heavy (non-hydrogen) atoms. The van der Waals surface area contributed by atoms with Crippen LogP contribution in [0.1, 0.15) is 55.5 Å². The van der Waals surface area contributed by atoms with E-state index >= 15 is 0 Å². The molecule has 1 aromatic heterocycles. The molecule has 0 atom stereocenters. The van der Waals surface area contributed by atoms with E-state index < -0.39 is 0 Å². The van der Waals surface area contributed by atoms with Gasteiger partial charge in [-0.3, -0.25) is 9.59 Å². The van der Waals surface area contributed by atoms with Crippen LogP contribution in [0.25, 0.3) is 0 Å². The summed E-state index contributed by atoms with van der Waals surface area (Å²) in [6.07, 6.45) is 1.79. The lowest BCUT2D eigenvalue weighted by atomic mass is 9.95. The van der Waals surface area contributed by atoms with Gasteiger partial charge in [0.25, 0.3) is 11.5 Å². The molecule has 1 amide bonds. The number of nitrogens with two attached hydrogens (primary N) is 1. The Labute approximate surface area is 131 Å². The van der Waals surface area contributed by atoms with Crippen LogP contribution in [-0.2, 0) is 5.41 Å². The van der Waals surface area contributed by atoms with Gasteiger partial charge >= 0.3 is 0 Å². The molecule has 0 saturated carbocycles. The van der Waals surface area contributed by atoms with Crippen LogP contribution in [0.5, 0.6) is 0 Å². The highest BCUT2D eigenvalue weighted by Gasteiger charge is 2.27. The summed E-state index contributed by atoms with van der Waals surface area (Å²) in [7, 11) is 0. The SMILES string of the molecule is Cc1nc(C(C)(C)C)[nH]c(=O)c1C(=O)N1CCC(CN)CC1. The number of aromatic amines is 1. The molecular formula is C16H26N4O2. The number of nitrogens with one attached hydrogen (secondary N) is 1. The molecule has 3 N–H and O–H groups in total. The second-order valence-corrected chi connectivity index (χ2v) is 7.10. The number of aromatic nitrogens is 2. The Morgan fingerprint density at radius 1 is 1.36 bits per heavy atom. The van der Waals surface area contributed by atoms with Crippen LogP contribution in [0.3, 0.4) is 0 Å². The zero-order valence-corrected chi connectivity index (χ0v) is 13.9. The van der Waals surface area contributed by atoms with Crippen molar-refractivity contribution in [2.45, 2.75) is 46.0 Å². The normalized spacial score (nSPS) is 16.9. The number of carbonyl (C=O) groups excluding carboxylic acids is 1. The van der Waals surface area contributed by atoms with Gasteiger partial charge in [-0.2, -0.15) is 0 Å². The predicted octanol–water partition coefficient (Wildman–Crippen LogP) is 1.19. The van der Waals surface area contributed by atoms with Crippen LogP contribution >= 0.6 is 0 Å². The van der Waals surface area contributed by atoms with E-state index in [-0.39, 0.29) is 22.4 Å². The Kier molecular flexibility index (Phi) is 4.70. The van der Waals surface area contributed by atoms with Crippen LogP contribution in [0, 0.1) is 12.8 Å². The first-order valence-corrected chi connectivity index (χ1v) is 7.84. The lowest BCUT2D eigenvalue weighted by Gasteiger charge is -2.31. The summed E-state index contributed by atoms with van der Waals surface area (Å²) >= 11 is 0. The van der Waals surface area contributed by atoms with E-state index in [2.05, 4.69) is 9.97 Å². The number of carbonyl (C=O) groups is 1. The smallest absolute Gasteiger partial charge is 0.264 e. The van der Waals surface area contributed by atoms with Crippen molar-refractivity contribution in [1.29, 1.82) is 0 Å². The lowest BCUT2D eigenvalue weighted by molar-refractivity contribution is 0.0690. The van der Waals surface area contributed by atoms with Gasteiger partial charge in [-0.1, -0.05) is 20.8 Å². The van der Waals surface area contributed by atoms with Gasteiger partial charge in [-0.05, 0) is 32.2 Å². The van der Waals surface area contributed by atoms with Crippen molar-refractivity contribution >= 4 is 5.91 Å². The van der Waals surface area contributed by atoms with Gasteiger partial charge in [0, 0.05) is 18.5 Å². The molecule has 1 aliphatic rings.